The zero-order valence-electron chi connectivity index (χ0n) is 29.3. The summed E-state index contributed by atoms with van der Waals surface area (Å²) in [4.78, 5) is 13.9. The summed E-state index contributed by atoms with van der Waals surface area (Å²) >= 11 is 0. The minimum absolute atomic E-state index is 0.0612. The molecule has 3 heteroatoms. The molecule has 11 aromatic rings. The Kier molecular flexibility index (Phi) is 6.70. The van der Waals surface area contributed by atoms with Gasteiger partial charge < -0.3 is 9.13 Å². The second kappa shape index (κ2) is 11.9. The molecule has 0 radical (unpaired) electrons. The van der Waals surface area contributed by atoms with Crippen LogP contribution in [0.3, 0.4) is 0 Å². The molecule has 0 fully saturated rings. The largest absolute Gasteiger partial charge is 0.309 e. The second-order valence-electron chi connectivity index (χ2n) is 14.1. The summed E-state index contributed by atoms with van der Waals surface area (Å²) < 4.78 is 4.80. The van der Waals surface area contributed by atoms with E-state index in [1.165, 1.54) is 43.6 Å². The van der Waals surface area contributed by atoms with Gasteiger partial charge in [-0.15, -0.1) is 0 Å². The van der Waals surface area contributed by atoms with Gasteiger partial charge in [-0.25, -0.2) is 0 Å². The lowest BCUT2D eigenvalue weighted by molar-refractivity contribution is 1.17. The third-order valence-electron chi connectivity index (χ3n) is 11.1. The number of hydrogen-bond donors (Lipinski definition) is 0. The van der Waals surface area contributed by atoms with Crippen molar-refractivity contribution in [2.45, 2.75) is 0 Å². The van der Waals surface area contributed by atoms with Crippen LogP contribution in [0.2, 0.25) is 0 Å². The molecule has 2 aromatic heterocycles. The van der Waals surface area contributed by atoms with Gasteiger partial charge in [0.1, 0.15) is 0 Å². The molecule has 0 aliphatic rings. The highest BCUT2D eigenvalue weighted by Gasteiger charge is 2.19. The Balaban J connectivity index is 1.06. The van der Waals surface area contributed by atoms with Gasteiger partial charge in [0.2, 0.25) is 0 Å². The molecule has 0 amide bonds. The lowest BCUT2D eigenvalue weighted by atomic mass is 9.96. The van der Waals surface area contributed by atoms with E-state index in [0.29, 0.717) is 0 Å². The average molecular weight is 689 g/mol. The maximum absolute atomic E-state index is 13.9. The lowest BCUT2D eigenvalue weighted by Crippen LogP contribution is -2.00. The summed E-state index contributed by atoms with van der Waals surface area (Å²) in [6, 6.07) is 68.4. The molecule has 0 N–H and O–H groups in total. The van der Waals surface area contributed by atoms with Crippen molar-refractivity contribution in [2.75, 3.05) is 0 Å². The van der Waals surface area contributed by atoms with Crippen molar-refractivity contribution in [2.24, 2.45) is 0 Å². The van der Waals surface area contributed by atoms with Crippen LogP contribution in [0, 0.1) is 0 Å². The van der Waals surface area contributed by atoms with Gasteiger partial charge in [0, 0.05) is 43.7 Å². The third-order valence-corrected chi connectivity index (χ3v) is 11.1. The molecule has 0 aliphatic carbocycles. The Bertz CT molecular complexity index is 3330. The van der Waals surface area contributed by atoms with E-state index in [0.717, 1.165) is 55.2 Å². The molecule has 0 saturated heterocycles. The van der Waals surface area contributed by atoms with Gasteiger partial charge in [-0.2, -0.15) is 0 Å². The van der Waals surface area contributed by atoms with Crippen molar-refractivity contribution in [3.05, 3.63) is 204 Å². The van der Waals surface area contributed by atoms with Gasteiger partial charge in [-0.05, 0) is 81.6 Å². The molecule has 0 bridgehead atoms. The van der Waals surface area contributed by atoms with E-state index in [9.17, 15) is 4.79 Å². The molecular formula is C51H32N2O. The molecule has 9 aromatic carbocycles. The zero-order chi connectivity index (χ0) is 35.8. The van der Waals surface area contributed by atoms with Crippen LogP contribution in [0.4, 0.5) is 0 Å². The summed E-state index contributed by atoms with van der Waals surface area (Å²) in [7, 11) is 0. The van der Waals surface area contributed by atoms with E-state index in [4.69, 9.17) is 0 Å². The van der Waals surface area contributed by atoms with Crippen LogP contribution in [0.5, 0.6) is 0 Å². The van der Waals surface area contributed by atoms with Crippen LogP contribution in [0.25, 0.3) is 98.8 Å². The Hall–Kier alpha value is -7.23. The van der Waals surface area contributed by atoms with Crippen molar-refractivity contribution in [1.29, 1.82) is 0 Å². The maximum atomic E-state index is 13.9. The van der Waals surface area contributed by atoms with E-state index < -0.39 is 0 Å². The van der Waals surface area contributed by atoms with Crippen molar-refractivity contribution < 1.29 is 0 Å². The number of aromatic nitrogens is 2. The first-order valence-corrected chi connectivity index (χ1v) is 18.4. The van der Waals surface area contributed by atoms with Crippen LogP contribution in [0.1, 0.15) is 0 Å². The van der Waals surface area contributed by atoms with E-state index in [1.54, 1.807) is 0 Å². The highest BCUT2D eigenvalue weighted by atomic mass is 16.1. The van der Waals surface area contributed by atoms with Gasteiger partial charge in [-0.1, -0.05) is 146 Å². The fraction of sp³-hybridized carbons (Fsp3) is 0. The number of nitrogens with zero attached hydrogens (tertiary/aromatic N) is 2. The van der Waals surface area contributed by atoms with E-state index in [-0.39, 0.29) is 5.43 Å². The number of para-hydroxylation sites is 3. The predicted molar refractivity (Wildman–Crippen MR) is 227 cm³/mol. The number of hydrogen-bond acceptors (Lipinski definition) is 1. The Labute approximate surface area is 311 Å². The van der Waals surface area contributed by atoms with E-state index in [2.05, 4.69) is 161 Å². The quantitative estimate of drug-likeness (QED) is 0.181. The second-order valence-corrected chi connectivity index (χ2v) is 14.1. The molecule has 0 saturated carbocycles. The summed E-state index contributed by atoms with van der Waals surface area (Å²) in [5.74, 6) is 0. The first-order chi connectivity index (χ1) is 26.7. The standard InChI is InChI=1S/C51H32N2O/c54-51-41-18-5-4-12-34(41)28-29-36-13-11-21-40(50(36)51)35-26-24-33(25-27-35)37-14-10-17-39(30-37)53-47-23-9-7-20-43(47)45-31-48-44(32-49(45)53)42-19-6-8-22-46(42)52(48)38-15-2-1-3-16-38/h1-32H. The van der Waals surface area contributed by atoms with Crippen LogP contribution >= 0.6 is 0 Å². The molecule has 0 spiro atoms. The number of rotatable bonds is 4. The number of fused-ring (bicyclic) bond motifs is 8. The predicted octanol–water partition coefficient (Wildman–Crippen LogP) is 12.9. The topological polar surface area (TPSA) is 26.9 Å². The first kappa shape index (κ1) is 30.4. The van der Waals surface area contributed by atoms with Crippen molar-refractivity contribution >= 4 is 65.2 Å². The Morgan fingerprint density at radius 2 is 0.852 bits per heavy atom. The molecule has 54 heavy (non-hydrogen) atoms. The van der Waals surface area contributed by atoms with Crippen LogP contribution in [-0.4, -0.2) is 9.13 Å². The van der Waals surface area contributed by atoms with Crippen LogP contribution in [0.15, 0.2) is 199 Å². The molecule has 0 atom stereocenters. The summed E-state index contributed by atoms with van der Waals surface area (Å²) in [5.41, 5.74) is 11.3. The van der Waals surface area contributed by atoms with Gasteiger partial charge in [0.25, 0.3) is 0 Å². The minimum Gasteiger partial charge on any atom is -0.309 e. The summed E-state index contributed by atoms with van der Waals surface area (Å²) in [6.45, 7) is 0. The molecule has 252 valence electrons. The highest BCUT2D eigenvalue weighted by molar-refractivity contribution is 6.19. The molecule has 2 heterocycles. The average Bonchev–Trinajstić information content (AvgIpc) is 3.69. The normalized spacial score (nSPS) is 11.8. The molecule has 3 nitrogen and oxygen atoms in total. The lowest BCUT2D eigenvalue weighted by Gasteiger charge is -2.12. The zero-order valence-corrected chi connectivity index (χ0v) is 29.3. The molecule has 11 rings (SSSR count). The van der Waals surface area contributed by atoms with Gasteiger partial charge in [0.05, 0.1) is 22.1 Å². The summed E-state index contributed by atoms with van der Waals surface area (Å²) in [5, 5.41) is 8.30. The molecular weight excluding hydrogens is 657 g/mol. The van der Waals surface area contributed by atoms with Crippen LogP contribution < -0.4 is 5.43 Å². The summed E-state index contributed by atoms with van der Waals surface area (Å²) in [6.07, 6.45) is 0. The van der Waals surface area contributed by atoms with E-state index >= 15 is 0 Å². The van der Waals surface area contributed by atoms with Crippen LogP contribution in [-0.2, 0) is 0 Å². The molecule has 0 unspecified atom stereocenters. The van der Waals surface area contributed by atoms with Crippen molar-refractivity contribution in [3.63, 3.8) is 0 Å². The van der Waals surface area contributed by atoms with Gasteiger partial charge >= 0.3 is 0 Å². The number of benzene rings is 8. The van der Waals surface area contributed by atoms with Gasteiger partial charge in [0.15, 0.2) is 5.43 Å². The van der Waals surface area contributed by atoms with Crippen molar-refractivity contribution in [1.82, 2.24) is 9.13 Å². The minimum atomic E-state index is 0.0612. The first-order valence-electron chi connectivity index (χ1n) is 18.4. The molecule has 0 aliphatic heterocycles. The fourth-order valence-corrected chi connectivity index (χ4v) is 8.60. The fourth-order valence-electron chi connectivity index (χ4n) is 8.60. The SMILES string of the molecule is O=c1c2ccccc2ccc2cccc(-c3ccc(-c4cccc(-n5c6ccccc6c6cc7c(cc65)c5ccccc5n7-c5ccccc5)c4)cc3)c12. The third kappa shape index (κ3) is 4.59. The van der Waals surface area contributed by atoms with Crippen molar-refractivity contribution in [3.8, 4) is 33.6 Å². The van der Waals surface area contributed by atoms with Gasteiger partial charge in [-0.3, -0.25) is 4.79 Å². The van der Waals surface area contributed by atoms with E-state index in [1.807, 2.05) is 42.5 Å². The smallest absolute Gasteiger partial charge is 0.194 e. The Morgan fingerprint density at radius 1 is 0.315 bits per heavy atom. The Morgan fingerprint density at radius 3 is 1.57 bits per heavy atom. The highest BCUT2D eigenvalue weighted by Crippen LogP contribution is 2.40. The maximum Gasteiger partial charge on any atom is 0.194 e. The monoisotopic (exact) mass is 688 g/mol.